The third-order valence-electron chi connectivity index (χ3n) is 4.37. The molecule has 0 aliphatic carbocycles. The molecule has 0 spiro atoms. The van der Waals surface area contributed by atoms with Crippen molar-refractivity contribution in [2.45, 2.75) is 32.5 Å². The van der Waals surface area contributed by atoms with Gasteiger partial charge in [-0.05, 0) is 44.0 Å². The molecule has 3 aromatic rings. The second-order valence-corrected chi connectivity index (χ2v) is 7.46. The van der Waals surface area contributed by atoms with Gasteiger partial charge in [0.2, 0.25) is 5.91 Å². The molecule has 3 rings (SSSR count). The first-order valence-corrected chi connectivity index (χ1v) is 10.3. The number of hydrogen-bond acceptors (Lipinski definition) is 5. The normalized spacial score (nSPS) is 10.7. The molecule has 0 aliphatic heterocycles. The molecule has 0 saturated carbocycles. The number of carbonyl (C=O) groups excluding carboxylic acids is 2. The van der Waals surface area contributed by atoms with Crippen LogP contribution < -0.4 is 15.6 Å². The summed E-state index contributed by atoms with van der Waals surface area (Å²) < 4.78 is 7.63. The summed E-state index contributed by atoms with van der Waals surface area (Å²) in [7, 11) is 0. The predicted octanol–water partition coefficient (Wildman–Crippen LogP) is 2.99. The molecule has 1 heterocycles. The maximum atomic E-state index is 12.1. The first-order chi connectivity index (χ1) is 14.0. The molecule has 0 bridgehead atoms. The van der Waals surface area contributed by atoms with Crippen LogP contribution in [0.15, 0.2) is 47.6 Å². The summed E-state index contributed by atoms with van der Waals surface area (Å²) in [6.07, 6.45) is 0. The Morgan fingerprint density at radius 3 is 2.45 bits per heavy atom. The molecule has 7 nitrogen and oxygen atoms in total. The van der Waals surface area contributed by atoms with E-state index in [1.54, 1.807) is 0 Å². The van der Waals surface area contributed by atoms with Gasteiger partial charge in [-0.1, -0.05) is 42.1 Å². The van der Waals surface area contributed by atoms with Crippen LogP contribution in [0.1, 0.15) is 18.1 Å². The van der Waals surface area contributed by atoms with Crippen LogP contribution in [0.5, 0.6) is 5.75 Å². The number of hydrazine groups is 1. The highest BCUT2D eigenvalue weighted by atomic mass is 32.2. The van der Waals surface area contributed by atoms with Crippen LogP contribution in [0.3, 0.4) is 0 Å². The third kappa shape index (κ3) is 5.08. The van der Waals surface area contributed by atoms with Gasteiger partial charge in [0.15, 0.2) is 11.8 Å². The van der Waals surface area contributed by atoms with Crippen molar-refractivity contribution in [3.8, 4) is 5.75 Å². The van der Waals surface area contributed by atoms with Crippen molar-refractivity contribution in [3.05, 3.63) is 53.6 Å². The van der Waals surface area contributed by atoms with Gasteiger partial charge in [0.25, 0.3) is 5.91 Å². The number of benzene rings is 2. The molecule has 0 fully saturated rings. The highest BCUT2D eigenvalue weighted by molar-refractivity contribution is 7.99. The zero-order chi connectivity index (χ0) is 20.8. The van der Waals surface area contributed by atoms with Crippen LogP contribution >= 0.6 is 11.8 Å². The quantitative estimate of drug-likeness (QED) is 0.460. The molecule has 0 radical (unpaired) electrons. The number of carbonyl (C=O) groups is 2. The molecule has 0 atom stereocenters. The van der Waals surface area contributed by atoms with Gasteiger partial charge < -0.3 is 9.30 Å². The average Bonchev–Trinajstić information content (AvgIpc) is 3.07. The van der Waals surface area contributed by atoms with E-state index in [4.69, 9.17) is 4.74 Å². The Bertz CT molecular complexity index is 1010. The molecule has 2 amide bonds. The van der Waals surface area contributed by atoms with Crippen molar-refractivity contribution in [2.75, 3.05) is 12.4 Å². The summed E-state index contributed by atoms with van der Waals surface area (Å²) in [5.41, 5.74) is 8.64. The second-order valence-electron chi connectivity index (χ2n) is 6.52. The van der Waals surface area contributed by atoms with Crippen LogP contribution in [0, 0.1) is 13.8 Å². The lowest BCUT2D eigenvalue weighted by Crippen LogP contribution is -2.44. The van der Waals surface area contributed by atoms with Gasteiger partial charge in [0.05, 0.1) is 16.8 Å². The van der Waals surface area contributed by atoms with Crippen LogP contribution in [0.25, 0.3) is 11.0 Å². The SMILES string of the molecule is CCn1c(SCC(=O)NNC(=O)COc2c(C)cccc2C)nc2ccccc21. The predicted molar refractivity (Wildman–Crippen MR) is 114 cm³/mol. The van der Waals surface area contributed by atoms with E-state index in [9.17, 15) is 9.59 Å². The number of fused-ring (bicyclic) bond motifs is 1. The standard InChI is InChI=1S/C21H24N4O3S/c1-4-25-17-11-6-5-10-16(17)22-21(25)29-13-19(27)24-23-18(26)12-28-20-14(2)8-7-9-15(20)3/h5-11H,4,12-13H2,1-3H3,(H,23,26)(H,24,27). The lowest BCUT2D eigenvalue weighted by molar-refractivity contribution is -0.128. The van der Waals surface area contributed by atoms with Crippen molar-refractivity contribution < 1.29 is 14.3 Å². The van der Waals surface area contributed by atoms with Gasteiger partial charge in [-0.3, -0.25) is 20.4 Å². The number of amides is 2. The van der Waals surface area contributed by atoms with E-state index in [-0.39, 0.29) is 18.3 Å². The van der Waals surface area contributed by atoms with E-state index < -0.39 is 5.91 Å². The van der Waals surface area contributed by atoms with E-state index in [2.05, 4.69) is 20.4 Å². The fourth-order valence-corrected chi connectivity index (χ4v) is 3.85. The molecule has 2 aromatic carbocycles. The molecule has 2 N–H and O–H groups in total. The molecule has 29 heavy (non-hydrogen) atoms. The van der Waals surface area contributed by atoms with E-state index >= 15 is 0 Å². The van der Waals surface area contributed by atoms with E-state index in [0.717, 1.165) is 33.9 Å². The number of aromatic nitrogens is 2. The largest absolute Gasteiger partial charge is 0.483 e. The van der Waals surface area contributed by atoms with Gasteiger partial charge in [0.1, 0.15) is 5.75 Å². The van der Waals surface area contributed by atoms with Crippen molar-refractivity contribution in [1.82, 2.24) is 20.4 Å². The van der Waals surface area contributed by atoms with E-state index in [0.29, 0.717) is 5.75 Å². The fourth-order valence-electron chi connectivity index (χ4n) is 2.98. The van der Waals surface area contributed by atoms with Gasteiger partial charge in [-0.25, -0.2) is 4.98 Å². The van der Waals surface area contributed by atoms with Crippen molar-refractivity contribution in [2.24, 2.45) is 0 Å². The molecule has 1 aromatic heterocycles. The average molecular weight is 413 g/mol. The minimum atomic E-state index is -0.424. The second kappa shape index (κ2) is 9.47. The smallest absolute Gasteiger partial charge is 0.276 e. The maximum absolute atomic E-state index is 12.1. The van der Waals surface area contributed by atoms with Gasteiger partial charge in [-0.2, -0.15) is 0 Å². The van der Waals surface area contributed by atoms with Crippen molar-refractivity contribution in [1.29, 1.82) is 0 Å². The number of ether oxygens (including phenoxy) is 1. The molecule has 0 saturated heterocycles. The number of thioether (sulfide) groups is 1. The monoisotopic (exact) mass is 412 g/mol. The minimum Gasteiger partial charge on any atom is -0.483 e. The van der Waals surface area contributed by atoms with E-state index in [1.807, 2.05) is 63.2 Å². The van der Waals surface area contributed by atoms with Gasteiger partial charge >= 0.3 is 0 Å². The summed E-state index contributed by atoms with van der Waals surface area (Å²) in [5.74, 6) is 0.0846. The number of nitrogens with one attached hydrogen (secondary N) is 2. The molecule has 152 valence electrons. The summed E-state index contributed by atoms with van der Waals surface area (Å²) >= 11 is 1.33. The van der Waals surface area contributed by atoms with Crippen molar-refractivity contribution >= 4 is 34.6 Å². The number of rotatable bonds is 7. The summed E-state index contributed by atoms with van der Waals surface area (Å²) in [5, 5.41) is 0.772. The highest BCUT2D eigenvalue weighted by Crippen LogP contribution is 2.24. The lowest BCUT2D eigenvalue weighted by Gasteiger charge is -2.12. The van der Waals surface area contributed by atoms with Gasteiger partial charge in [0, 0.05) is 6.54 Å². The number of imidazole rings is 1. The molecular formula is C21H24N4O3S. The van der Waals surface area contributed by atoms with E-state index in [1.165, 1.54) is 11.8 Å². The van der Waals surface area contributed by atoms with Crippen LogP contribution in [0.2, 0.25) is 0 Å². The zero-order valence-electron chi connectivity index (χ0n) is 16.7. The Labute approximate surface area is 173 Å². The Kier molecular flexibility index (Phi) is 6.77. The van der Waals surface area contributed by atoms with Crippen LogP contribution in [0.4, 0.5) is 0 Å². The van der Waals surface area contributed by atoms with Crippen molar-refractivity contribution in [3.63, 3.8) is 0 Å². The Hall–Kier alpha value is -3.00. The molecule has 0 unspecified atom stereocenters. The Morgan fingerprint density at radius 1 is 1.03 bits per heavy atom. The first-order valence-electron chi connectivity index (χ1n) is 9.34. The Morgan fingerprint density at radius 2 is 1.72 bits per heavy atom. The Balaban J connectivity index is 1.47. The summed E-state index contributed by atoms with van der Waals surface area (Å²) in [6.45, 7) is 6.46. The molecular weight excluding hydrogens is 388 g/mol. The first kappa shape index (κ1) is 20.7. The maximum Gasteiger partial charge on any atom is 0.276 e. The summed E-state index contributed by atoms with van der Waals surface area (Å²) in [4.78, 5) is 28.6. The topological polar surface area (TPSA) is 85.2 Å². The number of para-hydroxylation sites is 3. The number of aryl methyl sites for hydroxylation is 3. The van der Waals surface area contributed by atoms with Gasteiger partial charge in [-0.15, -0.1) is 0 Å². The summed E-state index contributed by atoms with van der Waals surface area (Å²) in [6, 6.07) is 13.6. The molecule has 0 aliphatic rings. The number of nitrogens with zero attached hydrogens (tertiary/aromatic N) is 2. The van der Waals surface area contributed by atoms with Crippen LogP contribution in [-0.2, 0) is 16.1 Å². The fraction of sp³-hybridized carbons (Fsp3) is 0.286. The third-order valence-corrected chi connectivity index (χ3v) is 5.34. The number of hydrogen-bond donors (Lipinski definition) is 2. The zero-order valence-corrected chi connectivity index (χ0v) is 17.5. The lowest BCUT2D eigenvalue weighted by atomic mass is 10.1. The van der Waals surface area contributed by atoms with Crippen LogP contribution in [-0.4, -0.2) is 33.7 Å². The molecule has 8 heteroatoms. The minimum absolute atomic E-state index is 0.140. The highest BCUT2D eigenvalue weighted by Gasteiger charge is 2.13.